The molecule has 1 aliphatic carbocycles. The highest BCUT2D eigenvalue weighted by molar-refractivity contribution is 7.81. The van der Waals surface area contributed by atoms with Crippen molar-refractivity contribution in [1.82, 2.24) is 0 Å². The molecule has 1 saturated carbocycles. The first kappa shape index (κ1) is 24.0. The first-order chi connectivity index (χ1) is 15.8. The Balaban J connectivity index is 1.68. The highest BCUT2D eigenvalue weighted by Crippen LogP contribution is 2.45. The summed E-state index contributed by atoms with van der Waals surface area (Å²) in [5.74, 6) is -1.15. The number of nitriles is 1. The molecular weight excluding hydrogens is 470 g/mol. The van der Waals surface area contributed by atoms with Crippen molar-refractivity contribution >= 4 is 34.6 Å². The molecule has 1 amide bonds. The maximum absolute atomic E-state index is 14.8. The molecule has 2 aliphatic rings. The highest BCUT2D eigenvalue weighted by atomic mass is 32.1. The van der Waals surface area contributed by atoms with Gasteiger partial charge in [0.05, 0.1) is 29.5 Å². The van der Waals surface area contributed by atoms with Gasteiger partial charge in [0.25, 0.3) is 5.91 Å². The van der Waals surface area contributed by atoms with E-state index < -0.39 is 34.6 Å². The molecular formula is C24H21F4N3O2S. The molecule has 0 spiro atoms. The van der Waals surface area contributed by atoms with Gasteiger partial charge in [-0.3, -0.25) is 9.69 Å². The topological polar surface area (TPSA) is 56.6 Å². The number of anilines is 2. The Hall–Kier alpha value is -3.19. The molecule has 5 nitrogen and oxygen atoms in total. The predicted molar refractivity (Wildman–Crippen MR) is 122 cm³/mol. The zero-order valence-electron chi connectivity index (χ0n) is 18.7. The first-order valence-corrected chi connectivity index (χ1v) is 10.9. The Bertz CT molecular complexity index is 1230. The Labute approximate surface area is 199 Å². The van der Waals surface area contributed by atoms with E-state index in [0.717, 1.165) is 29.9 Å². The summed E-state index contributed by atoms with van der Waals surface area (Å²) in [5.41, 5.74) is -2.85. The summed E-state index contributed by atoms with van der Waals surface area (Å²) < 4.78 is 60.8. The van der Waals surface area contributed by atoms with E-state index in [4.69, 9.17) is 22.2 Å². The number of halogens is 4. The number of alkyl halides is 3. The fourth-order valence-electron chi connectivity index (χ4n) is 3.82. The minimum atomic E-state index is -4.79. The molecule has 2 aromatic carbocycles. The third kappa shape index (κ3) is 4.09. The summed E-state index contributed by atoms with van der Waals surface area (Å²) >= 11 is 5.47. The van der Waals surface area contributed by atoms with Crippen molar-refractivity contribution in [2.45, 2.75) is 45.3 Å². The fourth-order valence-corrected chi connectivity index (χ4v) is 4.34. The average molecular weight is 492 g/mol. The second kappa shape index (κ2) is 7.94. The lowest BCUT2D eigenvalue weighted by molar-refractivity contribution is -0.137. The highest BCUT2D eigenvalue weighted by Gasteiger charge is 2.51. The van der Waals surface area contributed by atoms with Crippen LogP contribution in [0.5, 0.6) is 5.75 Å². The monoisotopic (exact) mass is 491 g/mol. The van der Waals surface area contributed by atoms with E-state index >= 15 is 0 Å². The summed E-state index contributed by atoms with van der Waals surface area (Å²) in [6.45, 7) is 5.54. The van der Waals surface area contributed by atoms with E-state index in [1.165, 1.54) is 29.2 Å². The molecule has 1 saturated heterocycles. The molecule has 2 aromatic rings. The van der Waals surface area contributed by atoms with Crippen LogP contribution in [0.15, 0.2) is 36.4 Å². The molecule has 0 aromatic heterocycles. The summed E-state index contributed by atoms with van der Waals surface area (Å²) in [6, 6.07) is 8.65. The number of carbonyl (C=O) groups is 1. The van der Waals surface area contributed by atoms with Crippen LogP contribution in [-0.4, -0.2) is 23.2 Å². The van der Waals surface area contributed by atoms with Gasteiger partial charge in [0.1, 0.15) is 5.54 Å². The van der Waals surface area contributed by atoms with Crippen molar-refractivity contribution in [3.05, 3.63) is 53.3 Å². The maximum atomic E-state index is 14.8. The summed E-state index contributed by atoms with van der Waals surface area (Å²) in [5, 5.41) is 8.93. The van der Waals surface area contributed by atoms with Gasteiger partial charge in [-0.25, -0.2) is 4.39 Å². The van der Waals surface area contributed by atoms with Gasteiger partial charge >= 0.3 is 6.18 Å². The number of nitrogens with zero attached hydrogens (tertiary/aromatic N) is 3. The summed E-state index contributed by atoms with van der Waals surface area (Å²) in [6.07, 6.45) is -2.75. The number of hydrogen-bond donors (Lipinski definition) is 0. The van der Waals surface area contributed by atoms with Gasteiger partial charge in [-0.2, -0.15) is 18.4 Å². The molecule has 0 N–H and O–H groups in total. The zero-order chi connectivity index (χ0) is 25.1. The Kier molecular flexibility index (Phi) is 5.60. The third-order valence-corrected chi connectivity index (χ3v) is 6.57. The van der Waals surface area contributed by atoms with Crippen molar-refractivity contribution in [2.24, 2.45) is 5.41 Å². The number of carbonyl (C=O) groups excluding carboxylic acids is 1. The molecule has 2 fully saturated rings. The minimum absolute atomic E-state index is 0.0624. The van der Waals surface area contributed by atoms with Crippen LogP contribution in [-0.2, 0) is 11.0 Å². The van der Waals surface area contributed by atoms with Crippen LogP contribution in [0.2, 0.25) is 0 Å². The van der Waals surface area contributed by atoms with Crippen LogP contribution in [0.25, 0.3) is 0 Å². The van der Waals surface area contributed by atoms with Crippen molar-refractivity contribution in [3.8, 4) is 11.8 Å². The molecule has 0 radical (unpaired) electrons. The smallest absolute Gasteiger partial charge is 0.417 e. The number of amides is 1. The van der Waals surface area contributed by atoms with Crippen molar-refractivity contribution in [2.75, 3.05) is 16.4 Å². The van der Waals surface area contributed by atoms with E-state index in [1.54, 1.807) is 19.9 Å². The number of benzene rings is 2. The second-order valence-corrected chi connectivity index (χ2v) is 9.74. The van der Waals surface area contributed by atoms with Crippen molar-refractivity contribution in [3.63, 3.8) is 0 Å². The first-order valence-electron chi connectivity index (χ1n) is 10.5. The molecule has 178 valence electrons. The van der Waals surface area contributed by atoms with Crippen molar-refractivity contribution < 1.29 is 27.1 Å². The Morgan fingerprint density at radius 1 is 1.12 bits per heavy atom. The van der Waals surface area contributed by atoms with Crippen LogP contribution in [0.4, 0.5) is 28.9 Å². The number of ether oxygens (including phenoxy) is 1. The quantitative estimate of drug-likeness (QED) is 0.390. The molecule has 10 heteroatoms. The minimum Gasteiger partial charge on any atom is -0.490 e. The van der Waals surface area contributed by atoms with Gasteiger partial charge in [0.15, 0.2) is 16.7 Å². The number of rotatable bonds is 5. The van der Waals surface area contributed by atoms with E-state index in [0.29, 0.717) is 6.61 Å². The van der Waals surface area contributed by atoms with Crippen LogP contribution in [0, 0.1) is 22.6 Å². The van der Waals surface area contributed by atoms with Crippen LogP contribution < -0.4 is 14.5 Å². The van der Waals surface area contributed by atoms with Gasteiger partial charge < -0.3 is 9.64 Å². The standard InChI is InChI=1S/C24H21F4N3O2S/c1-22(2)20(32)30(15-5-4-14(12-29)17(10-15)24(26,27)28)21(34)31(22)16-6-7-19(18(25)11-16)33-13-23(3)8-9-23/h4-7,10-11H,8-9,13H2,1-3H3. The van der Waals surface area contributed by atoms with Crippen LogP contribution >= 0.6 is 12.2 Å². The maximum Gasteiger partial charge on any atom is 0.417 e. The van der Waals surface area contributed by atoms with E-state index in [2.05, 4.69) is 6.92 Å². The summed E-state index contributed by atoms with van der Waals surface area (Å²) in [7, 11) is 0. The largest absolute Gasteiger partial charge is 0.490 e. The molecule has 0 bridgehead atoms. The van der Waals surface area contributed by atoms with Gasteiger partial charge in [-0.1, -0.05) is 6.92 Å². The van der Waals surface area contributed by atoms with Crippen LogP contribution in [0.1, 0.15) is 44.7 Å². The third-order valence-electron chi connectivity index (χ3n) is 6.21. The lowest BCUT2D eigenvalue weighted by atomic mass is 10.0. The number of thiocarbonyl (C=S) groups is 1. The van der Waals surface area contributed by atoms with E-state index in [-0.39, 0.29) is 27.7 Å². The second-order valence-electron chi connectivity index (χ2n) is 9.37. The fraction of sp³-hybridized carbons (Fsp3) is 0.375. The lowest BCUT2D eigenvalue weighted by Gasteiger charge is -2.29. The van der Waals surface area contributed by atoms with Crippen molar-refractivity contribution in [1.29, 1.82) is 5.26 Å². The molecule has 0 unspecified atom stereocenters. The molecule has 0 atom stereocenters. The molecule has 1 heterocycles. The Morgan fingerprint density at radius 2 is 1.76 bits per heavy atom. The summed E-state index contributed by atoms with van der Waals surface area (Å²) in [4.78, 5) is 15.6. The number of hydrogen-bond acceptors (Lipinski definition) is 4. The van der Waals surface area contributed by atoms with E-state index in [9.17, 15) is 22.4 Å². The van der Waals surface area contributed by atoms with Gasteiger partial charge in [0, 0.05) is 17.2 Å². The zero-order valence-corrected chi connectivity index (χ0v) is 19.5. The lowest BCUT2D eigenvalue weighted by Crippen LogP contribution is -2.44. The molecule has 34 heavy (non-hydrogen) atoms. The molecule has 4 rings (SSSR count). The van der Waals surface area contributed by atoms with Gasteiger partial charge in [-0.15, -0.1) is 0 Å². The Morgan fingerprint density at radius 3 is 2.32 bits per heavy atom. The molecule has 1 aliphatic heterocycles. The van der Waals surface area contributed by atoms with E-state index in [1.807, 2.05) is 0 Å². The SMILES string of the molecule is CC1(COc2ccc(N3C(=S)N(c4ccc(C#N)c(C(F)(F)F)c4)C(=O)C3(C)C)cc2F)CC1. The van der Waals surface area contributed by atoms with Crippen LogP contribution in [0.3, 0.4) is 0 Å². The average Bonchev–Trinajstić information content (AvgIpc) is 3.45. The normalized spacial score (nSPS) is 18.8. The van der Waals surface area contributed by atoms with Gasteiger partial charge in [-0.05, 0) is 69.2 Å². The predicted octanol–water partition coefficient (Wildman–Crippen LogP) is 5.81. The van der Waals surface area contributed by atoms with Gasteiger partial charge in [0.2, 0.25) is 0 Å².